The molecular formula is C17H28N4OS. The highest BCUT2D eigenvalue weighted by atomic mass is 32.2. The number of nitrogens with one attached hydrogen (secondary N) is 2. The summed E-state index contributed by atoms with van der Waals surface area (Å²) < 4.78 is 5.41. The fourth-order valence-electron chi connectivity index (χ4n) is 2.53. The van der Waals surface area contributed by atoms with Gasteiger partial charge in [0.05, 0.1) is 13.2 Å². The lowest BCUT2D eigenvalue weighted by Crippen LogP contribution is -2.38. The molecule has 1 saturated heterocycles. The third-order valence-corrected chi connectivity index (χ3v) is 4.40. The largest absolute Gasteiger partial charge is 0.379 e. The minimum absolute atomic E-state index is 0.788. The van der Waals surface area contributed by atoms with E-state index >= 15 is 0 Å². The molecule has 0 saturated carbocycles. The Bertz CT molecular complexity index is 489. The molecule has 0 amide bonds. The van der Waals surface area contributed by atoms with Gasteiger partial charge in [-0.15, -0.1) is 0 Å². The number of ether oxygens (including phenoxy) is 1. The van der Waals surface area contributed by atoms with Crippen molar-refractivity contribution >= 4 is 17.7 Å². The molecule has 0 aromatic heterocycles. The highest BCUT2D eigenvalue weighted by Gasteiger charge is 2.10. The molecule has 2 rings (SSSR count). The van der Waals surface area contributed by atoms with Gasteiger partial charge in [-0.2, -0.15) is 11.8 Å². The maximum Gasteiger partial charge on any atom is 0.191 e. The summed E-state index contributed by atoms with van der Waals surface area (Å²) in [5, 5.41) is 6.69. The molecule has 2 N–H and O–H groups in total. The Kier molecular flexibility index (Phi) is 8.28. The Morgan fingerprint density at radius 2 is 2.04 bits per heavy atom. The zero-order chi connectivity index (χ0) is 16.3. The molecule has 128 valence electrons. The molecule has 0 atom stereocenters. The Hall–Kier alpha value is -1.24. The average Bonchev–Trinajstić information content (AvgIpc) is 2.59. The van der Waals surface area contributed by atoms with Crippen LogP contribution in [0.15, 0.2) is 29.3 Å². The van der Waals surface area contributed by atoms with Crippen LogP contribution < -0.4 is 10.6 Å². The monoisotopic (exact) mass is 336 g/mol. The summed E-state index contributed by atoms with van der Waals surface area (Å²) >= 11 is 1.83. The van der Waals surface area contributed by atoms with E-state index in [1.165, 1.54) is 11.1 Å². The van der Waals surface area contributed by atoms with E-state index in [9.17, 15) is 0 Å². The van der Waals surface area contributed by atoms with Crippen LogP contribution in [-0.4, -0.2) is 62.8 Å². The molecule has 0 bridgehead atoms. The number of hydrogen-bond acceptors (Lipinski definition) is 4. The first-order valence-corrected chi connectivity index (χ1v) is 9.52. The van der Waals surface area contributed by atoms with Gasteiger partial charge in [-0.1, -0.05) is 24.3 Å². The lowest BCUT2D eigenvalue weighted by atomic mass is 10.1. The molecule has 1 aliphatic heterocycles. The molecule has 0 radical (unpaired) electrons. The third-order valence-electron chi connectivity index (χ3n) is 3.78. The minimum Gasteiger partial charge on any atom is -0.379 e. The molecular weight excluding hydrogens is 308 g/mol. The Morgan fingerprint density at radius 3 is 2.78 bits per heavy atom. The normalized spacial score (nSPS) is 16.3. The highest BCUT2D eigenvalue weighted by Crippen LogP contribution is 2.10. The Morgan fingerprint density at radius 1 is 1.26 bits per heavy atom. The van der Waals surface area contributed by atoms with Crippen molar-refractivity contribution in [1.82, 2.24) is 15.5 Å². The van der Waals surface area contributed by atoms with Crippen LogP contribution in [0.3, 0.4) is 0 Å². The summed E-state index contributed by atoms with van der Waals surface area (Å²) in [4.78, 5) is 6.70. The average molecular weight is 337 g/mol. The van der Waals surface area contributed by atoms with Gasteiger partial charge in [0.15, 0.2) is 5.96 Å². The molecule has 0 unspecified atom stereocenters. The van der Waals surface area contributed by atoms with Crippen LogP contribution in [0.25, 0.3) is 0 Å². The van der Waals surface area contributed by atoms with Crippen molar-refractivity contribution in [1.29, 1.82) is 0 Å². The van der Waals surface area contributed by atoms with Crippen LogP contribution in [0.4, 0.5) is 0 Å². The lowest BCUT2D eigenvalue weighted by molar-refractivity contribution is 0.0342. The molecule has 6 heteroatoms. The summed E-state index contributed by atoms with van der Waals surface area (Å²) in [6.45, 7) is 6.45. The first kappa shape index (κ1) is 18.1. The lowest BCUT2D eigenvalue weighted by Gasteiger charge is -2.26. The van der Waals surface area contributed by atoms with Gasteiger partial charge in [0.25, 0.3) is 0 Å². The van der Waals surface area contributed by atoms with Gasteiger partial charge in [-0.3, -0.25) is 9.89 Å². The topological polar surface area (TPSA) is 48.9 Å². The summed E-state index contributed by atoms with van der Waals surface area (Å²) in [7, 11) is 1.81. The molecule has 5 nitrogen and oxygen atoms in total. The predicted octanol–water partition coefficient (Wildman–Crippen LogP) is 1.55. The SMILES string of the molecule is CN=C(NCCSC)NCc1cccc(CN2CCOCC2)c1. The molecule has 1 aliphatic rings. The van der Waals surface area contributed by atoms with E-state index in [0.717, 1.165) is 57.6 Å². The maximum atomic E-state index is 5.41. The second kappa shape index (κ2) is 10.5. The van der Waals surface area contributed by atoms with Crippen molar-refractivity contribution in [2.75, 3.05) is 51.9 Å². The molecule has 1 aromatic rings. The van der Waals surface area contributed by atoms with E-state index in [4.69, 9.17) is 4.74 Å². The fraction of sp³-hybridized carbons (Fsp3) is 0.588. The van der Waals surface area contributed by atoms with Gasteiger partial charge in [0.1, 0.15) is 0 Å². The first-order chi connectivity index (χ1) is 11.3. The molecule has 23 heavy (non-hydrogen) atoms. The number of morpholine rings is 1. The van der Waals surface area contributed by atoms with Gasteiger partial charge in [0.2, 0.25) is 0 Å². The van der Waals surface area contributed by atoms with Crippen molar-refractivity contribution in [3.05, 3.63) is 35.4 Å². The Labute approximate surface area is 143 Å². The van der Waals surface area contributed by atoms with Crippen molar-refractivity contribution < 1.29 is 4.74 Å². The second-order valence-electron chi connectivity index (χ2n) is 5.55. The summed E-state index contributed by atoms with van der Waals surface area (Å²) in [6, 6.07) is 8.77. The van der Waals surface area contributed by atoms with Crippen molar-refractivity contribution in [3.63, 3.8) is 0 Å². The molecule has 1 fully saturated rings. The number of benzene rings is 1. The van der Waals surface area contributed by atoms with Crippen LogP contribution in [0.2, 0.25) is 0 Å². The van der Waals surface area contributed by atoms with Gasteiger partial charge in [-0.05, 0) is 17.4 Å². The zero-order valence-corrected chi connectivity index (χ0v) is 15.0. The van der Waals surface area contributed by atoms with E-state index in [2.05, 4.69) is 51.0 Å². The predicted molar refractivity (Wildman–Crippen MR) is 99.1 cm³/mol. The van der Waals surface area contributed by atoms with Crippen LogP contribution in [-0.2, 0) is 17.8 Å². The second-order valence-corrected chi connectivity index (χ2v) is 6.54. The quantitative estimate of drug-likeness (QED) is 0.449. The number of rotatable bonds is 7. The van der Waals surface area contributed by atoms with Crippen LogP contribution in [0.1, 0.15) is 11.1 Å². The van der Waals surface area contributed by atoms with Crippen LogP contribution >= 0.6 is 11.8 Å². The number of nitrogens with zero attached hydrogens (tertiary/aromatic N) is 2. The number of aliphatic imine (C=N–C) groups is 1. The zero-order valence-electron chi connectivity index (χ0n) is 14.2. The van der Waals surface area contributed by atoms with Crippen molar-refractivity contribution in [2.45, 2.75) is 13.1 Å². The van der Waals surface area contributed by atoms with Crippen LogP contribution in [0, 0.1) is 0 Å². The maximum absolute atomic E-state index is 5.41. The van der Waals surface area contributed by atoms with Gasteiger partial charge in [0, 0.05) is 45.5 Å². The third kappa shape index (κ3) is 6.81. The number of guanidine groups is 1. The standard InChI is InChI=1S/C17H28N4OS/c1-18-17(19-6-11-23-2)20-13-15-4-3-5-16(12-15)14-21-7-9-22-10-8-21/h3-5,12H,6-11,13-14H2,1-2H3,(H2,18,19,20). The molecule has 0 aliphatic carbocycles. The summed E-state index contributed by atoms with van der Waals surface area (Å²) in [5.41, 5.74) is 2.64. The van der Waals surface area contributed by atoms with Crippen molar-refractivity contribution in [3.8, 4) is 0 Å². The highest BCUT2D eigenvalue weighted by molar-refractivity contribution is 7.98. The molecule has 1 heterocycles. The fourth-order valence-corrected chi connectivity index (χ4v) is 2.84. The summed E-state index contributed by atoms with van der Waals surface area (Å²) in [5.74, 6) is 1.94. The first-order valence-electron chi connectivity index (χ1n) is 8.13. The van der Waals surface area contributed by atoms with Crippen LogP contribution in [0.5, 0.6) is 0 Å². The minimum atomic E-state index is 0.788. The smallest absolute Gasteiger partial charge is 0.191 e. The van der Waals surface area contributed by atoms with E-state index in [1.807, 2.05) is 18.8 Å². The van der Waals surface area contributed by atoms with E-state index < -0.39 is 0 Å². The van der Waals surface area contributed by atoms with Gasteiger partial charge < -0.3 is 15.4 Å². The van der Waals surface area contributed by atoms with E-state index in [0.29, 0.717) is 0 Å². The van der Waals surface area contributed by atoms with Crippen molar-refractivity contribution in [2.24, 2.45) is 4.99 Å². The summed E-state index contributed by atoms with van der Waals surface area (Å²) in [6.07, 6.45) is 2.11. The number of thioether (sulfide) groups is 1. The van der Waals surface area contributed by atoms with E-state index in [-0.39, 0.29) is 0 Å². The Balaban J connectivity index is 1.81. The molecule has 1 aromatic carbocycles. The van der Waals surface area contributed by atoms with Gasteiger partial charge in [-0.25, -0.2) is 0 Å². The molecule has 0 spiro atoms. The van der Waals surface area contributed by atoms with E-state index in [1.54, 1.807) is 0 Å². The number of hydrogen-bond donors (Lipinski definition) is 2. The van der Waals surface area contributed by atoms with Gasteiger partial charge >= 0.3 is 0 Å².